The van der Waals surface area contributed by atoms with Crippen molar-refractivity contribution < 1.29 is 0 Å². The van der Waals surface area contributed by atoms with Crippen LogP contribution in [-0.2, 0) is 0 Å². The van der Waals surface area contributed by atoms with E-state index >= 15 is 0 Å². The van der Waals surface area contributed by atoms with Gasteiger partial charge in [-0.15, -0.1) is 0 Å². The third kappa shape index (κ3) is 4.55. The molecule has 4 nitrogen and oxygen atoms in total. The number of nitrogens with zero attached hydrogens (tertiary/aromatic N) is 3. The summed E-state index contributed by atoms with van der Waals surface area (Å²) in [5, 5.41) is 4.36. The van der Waals surface area contributed by atoms with Crippen LogP contribution in [0.4, 0.5) is 5.95 Å². The third-order valence-electron chi connectivity index (χ3n) is 4.70. The van der Waals surface area contributed by atoms with Gasteiger partial charge in [-0.05, 0) is 31.0 Å². The van der Waals surface area contributed by atoms with Crippen LogP contribution in [0.15, 0.2) is 90.0 Å². The Hall–Kier alpha value is -3.79. The average molecular weight is 378 g/mol. The molecule has 4 rings (SSSR count). The van der Waals surface area contributed by atoms with Gasteiger partial charge in [0.05, 0.1) is 17.6 Å². The average Bonchev–Trinajstić information content (AvgIpc) is 2.76. The van der Waals surface area contributed by atoms with Crippen LogP contribution < -0.4 is 5.43 Å². The van der Waals surface area contributed by atoms with Crippen molar-refractivity contribution in [2.45, 2.75) is 13.8 Å². The molecule has 3 aromatic carbocycles. The Bertz CT molecular complexity index is 1130. The van der Waals surface area contributed by atoms with Crippen LogP contribution in [0.25, 0.3) is 22.5 Å². The number of hydrazone groups is 1. The van der Waals surface area contributed by atoms with Crippen molar-refractivity contribution in [1.29, 1.82) is 0 Å². The zero-order valence-corrected chi connectivity index (χ0v) is 16.5. The first-order valence-electron chi connectivity index (χ1n) is 9.55. The van der Waals surface area contributed by atoms with Gasteiger partial charge in [0.2, 0.25) is 5.95 Å². The summed E-state index contributed by atoms with van der Waals surface area (Å²) < 4.78 is 0. The van der Waals surface area contributed by atoms with Crippen LogP contribution >= 0.6 is 0 Å². The highest BCUT2D eigenvalue weighted by molar-refractivity contribution is 5.82. The minimum atomic E-state index is 0.465. The molecule has 0 fully saturated rings. The Morgan fingerprint density at radius 3 is 2.03 bits per heavy atom. The second-order valence-electron chi connectivity index (χ2n) is 6.92. The lowest BCUT2D eigenvalue weighted by Crippen LogP contribution is -2.00. The van der Waals surface area contributed by atoms with Crippen LogP contribution in [-0.4, -0.2) is 16.2 Å². The van der Waals surface area contributed by atoms with Crippen LogP contribution in [0.3, 0.4) is 0 Å². The number of hydrogen-bond donors (Lipinski definition) is 1. The molecule has 0 aliphatic heterocycles. The van der Waals surface area contributed by atoms with E-state index in [4.69, 9.17) is 0 Å². The van der Waals surface area contributed by atoms with E-state index in [2.05, 4.69) is 64.7 Å². The Balaban J connectivity index is 1.69. The molecule has 0 radical (unpaired) electrons. The lowest BCUT2D eigenvalue weighted by molar-refractivity contribution is 1.12. The van der Waals surface area contributed by atoms with Crippen molar-refractivity contribution in [1.82, 2.24) is 9.97 Å². The smallest absolute Gasteiger partial charge is 0.244 e. The van der Waals surface area contributed by atoms with Crippen LogP contribution in [0.2, 0.25) is 0 Å². The SMILES string of the molecule is Cc1ccc(-c2cc(-c3ccccc3)nc(N/N=C/c3ccccc3C)n2)cc1. The number of anilines is 1. The molecule has 0 saturated carbocycles. The quantitative estimate of drug-likeness (QED) is 0.349. The van der Waals surface area contributed by atoms with Gasteiger partial charge in [0.1, 0.15) is 0 Å². The maximum absolute atomic E-state index is 4.68. The number of aryl methyl sites for hydroxylation is 2. The Labute approximate surface area is 171 Å². The van der Waals surface area contributed by atoms with Gasteiger partial charge in [-0.2, -0.15) is 5.10 Å². The molecule has 4 heteroatoms. The largest absolute Gasteiger partial charge is 0.245 e. The first kappa shape index (κ1) is 18.6. The zero-order valence-electron chi connectivity index (χ0n) is 16.5. The van der Waals surface area contributed by atoms with Gasteiger partial charge in [0.25, 0.3) is 0 Å². The molecule has 1 heterocycles. The summed E-state index contributed by atoms with van der Waals surface area (Å²) in [4.78, 5) is 9.34. The highest BCUT2D eigenvalue weighted by Crippen LogP contribution is 2.25. The Morgan fingerprint density at radius 2 is 1.34 bits per heavy atom. The topological polar surface area (TPSA) is 50.2 Å². The monoisotopic (exact) mass is 378 g/mol. The molecule has 0 unspecified atom stereocenters. The van der Waals surface area contributed by atoms with Gasteiger partial charge in [0.15, 0.2) is 0 Å². The van der Waals surface area contributed by atoms with E-state index in [0.29, 0.717) is 5.95 Å². The van der Waals surface area contributed by atoms with Crippen molar-refractivity contribution in [2.75, 3.05) is 5.43 Å². The molecule has 0 spiro atoms. The van der Waals surface area contributed by atoms with Gasteiger partial charge < -0.3 is 0 Å². The van der Waals surface area contributed by atoms with Gasteiger partial charge >= 0.3 is 0 Å². The van der Waals surface area contributed by atoms with Crippen molar-refractivity contribution in [3.8, 4) is 22.5 Å². The summed E-state index contributed by atoms with van der Waals surface area (Å²) in [5.74, 6) is 0.465. The second-order valence-corrected chi connectivity index (χ2v) is 6.92. The summed E-state index contributed by atoms with van der Waals surface area (Å²) in [6.07, 6.45) is 1.79. The van der Waals surface area contributed by atoms with Crippen molar-refractivity contribution in [2.24, 2.45) is 5.10 Å². The Kier molecular flexibility index (Phi) is 5.43. The van der Waals surface area contributed by atoms with E-state index in [0.717, 1.165) is 33.6 Å². The maximum Gasteiger partial charge on any atom is 0.244 e. The Morgan fingerprint density at radius 1 is 0.724 bits per heavy atom. The standard InChI is InChI=1S/C25H22N4/c1-18-12-14-21(15-13-18)24-16-23(20-9-4-3-5-10-20)27-25(28-24)29-26-17-22-11-7-6-8-19(22)2/h3-17H,1-2H3,(H,27,28,29)/b26-17+. The summed E-state index contributed by atoms with van der Waals surface area (Å²) >= 11 is 0. The van der Waals surface area contributed by atoms with Gasteiger partial charge in [-0.3, -0.25) is 0 Å². The van der Waals surface area contributed by atoms with E-state index in [1.54, 1.807) is 6.21 Å². The van der Waals surface area contributed by atoms with E-state index < -0.39 is 0 Å². The van der Waals surface area contributed by atoms with Gasteiger partial charge in [0, 0.05) is 11.1 Å². The number of rotatable bonds is 5. The molecule has 1 aromatic heterocycles. The molecule has 0 amide bonds. The predicted octanol–water partition coefficient (Wildman–Crippen LogP) is 5.87. The van der Waals surface area contributed by atoms with Crippen molar-refractivity contribution >= 4 is 12.2 Å². The molecule has 142 valence electrons. The fourth-order valence-electron chi connectivity index (χ4n) is 3.02. The van der Waals surface area contributed by atoms with E-state index in [9.17, 15) is 0 Å². The minimum absolute atomic E-state index is 0.465. The predicted molar refractivity (Wildman–Crippen MR) is 120 cm³/mol. The third-order valence-corrected chi connectivity index (χ3v) is 4.70. The fraction of sp³-hybridized carbons (Fsp3) is 0.0800. The zero-order chi connectivity index (χ0) is 20.1. The number of benzene rings is 3. The van der Waals surface area contributed by atoms with Crippen LogP contribution in [0.1, 0.15) is 16.7 Å². The van der Waals surface area contributed by atoms with E-state index in [1.165, 1.54) is 5.56 Å². The summed E-state index contributed by atoms with van der Waals surface area (Å²) in [6, 6.07) is 28.5. The number of hydrogen-bond acceptors (Lipinski definition) is 4. The fourth-order valence-corrected chi connectivity index (χ4v) is 3.02. The first-order valence-corrected chi connectivity index (χ1v) is 9.55. The van der Waals surface area contributed by atoms with Gasteiger partial charge in [-0.25, -0.2) is 15.4 Å². The number of nitrogens with one attached hydrogen (secondary N) is 1. The van der Waals surface area contributed by atoms with E-state index in [-0.39, 0.29) is 0 Å². The van der Waals surface area contributed by atoms with Crippen LogP contribution in [0, 0.1) is 13.8 Å². The van der Waals surface area contributed by atoms with Gasteiger partial charge in [-0.1, -0.05) is 84.4 Å². The molecule has 1 N–H and O–H groups in total. The molecule has 29 heavy (non-hydrogen) atoms. The highest BCUT2D eigenvalue weighted by Gasteiger charge is 2.08. The minimum Gasteiger partial charge on any atom is -0.245 e. The normalized spacial score (nSPS) is 11.0. The molecule has 0 bridgehead atoms. The van der Waals surface area contributed by atoms with Crippen molar-refractivity contribution in [3.63, 3.8) is 0 Å². The second kappa shape index (κ2) is 8.48. The molecule has 0 aliphatic rings. The summed E-state index contributed by atoms with van der Waals surface area (Å²) in [5.41, 5.74) is 10.2. The maximum atomic E-state index is 4.68. The molecule has 0 aliphatic carbocycles. The molecular weight excluding hydrogens is 356 g/mol. The molecule has 0 saturated heterocycles. The molecule has 4 aromatic rings. The lowest BCUT2D eigenvalue weighted by Gasteiger charge is -2.09. The van der Waals surface area contributed by atoms with Crippen molar-refractivity contribution in [3.05, 3.63) is 102 Å². The lowest BCUT2D eigenvalue weighted by atomic mass is 10.1. The number of aromatic nitrogens is 2. The summed E-state index contributed by atoms with van der Waals surface area (Å²) in [6.45, 7) is 4.13. The first-order chi connectivity index (χ1) is 14.2. The summed E-state index contributed by atoms with van der Waals surface area (Å²) in [7, 11) is 0. The molecular formula is C25H22N4. The molecule has 0 atom stereocenters. The van der Waals surface area contributed by atoms with E-state index in [1.807, 2.05) is 54.6 Å². The highest BCUT2D eigenvalue weighted by atomic mass is 15.3. The van der Waals surface area contributed by atoms with Crippen LogP contribution in [0.5, 0.6) is 0 Å².